The molecule has 0 aliphatic heterocycles. The Bertz CT molecular complexity index is 252. The minimum Gasteiger partial charge on any atom is -0.459 e. The molecule has 0 aliphatic carbocycles. The molecule has 13 heavy (non-hydrogen) atoms. The van der Waals surface area contributed by atoms with Crippen LogP contribution in [0.4, 0.5) is 0 Å². The molecule has 0 saturated carbocycles. The highest BCUT2D eigenvalue weighted by Crippen LogP contribution is 2.09. The van der Waals surface area contributed by atoms with Crippen molar-refractivity contribution >= 4 is 15.9 Å². The lowest BCUT2D eigenvalue weighted by atomic mass is 10.4. The van der Waals surface area contributed by atoms with Crippen LogP contribution < -0.4 is 10.1 Å². The molecule has 1 N–H and O–H groups in total. The third kappa shape index (κ3) is 3.69. The zero-order chi connectivity index (χ0) is 9.68. The van der Waals surface area contributed by atoms with Crippen LogP contribution in [0.15, 0.2) is 16.9 Å². The molecule has 5 heteroatoms. The molecule has 1 unspecified atom stereocenters. The van der Waals surface area contributed by atoms with E-state index in [0.29, 0.717) is 6.01 Å². The number of aromatic nitrogens is 2. The molecule has 1 heterocycles. The number of ether oxygens (including phenoxy) is 1. The van der Waals surface area contributed by atoms with Crippen LogP contribution in [-0.4, -0.2) is 29.7 Å². The van der Waals surface area contributed by atoms with Gasteiger partial charge in [0.2, 0.25) is 0 Å². The lowest BCUT2D eigenvalue weighted by Gasteiger charge is -2.11. The predicted molar refractivity (Wildman–Crippen MR) is 53.7 cm³/mol. The summed E-state index contributed by atoms with van der Waals surface area (Å²) in [5.41, 5.74) is 0. The van der Waals surface area contributed by atoms with Gasteiger partial charge in [-0.05, 0) is 29.9 Å². The first-order valence-electron chi connectivity index (χ1n) is 4.01. The zero-order valence-electron chi connectivity index (χ0n) is 7.62. The lowest BCUT2D eigenvalue weighted by molar-refractivity contribution is 0.202. The molecule has 4 nitrogen and oxygen atoms in total. The van der Waals surface area contributed by atoms with E-state index in [9.17, 15) is 0 Å². The van der Waals surface area contributed by atoms with Gasteiger partial charge in [0.05, 0.1) is 4.47 Å². The van der Waals surface area contributed by atoms with Gasteiger partial charge in [0, 0.05) is 18.9 Å². The van der Waals surface area contributed by atoms with E-state index >= 15 is 0 Å². The van der Waals surface area contributed by atoms with Crippen LogP contribution in [0.3, 0.4) is 0 Å². The molecule has 1 atom stereocenters. The summed E-state index contributed by atoms with van der Waals surface area (Å²) in [6.07, 6.45) is 3.40. The number of hydrogen-bond acceptors (Lipinski definition) is 4. The normalized spacial score (nSPS) is 12.5. The molecular formula is C8H12BrN3O. The summed E-state index contributed by atoms with van der Waals surface area (Å²) < 4.78 is 6.25. The van der Waals surface area contributed by atoms with Crippen LogP contribution in [0.25, 0.3) is 0 Å². The number of halogens is 1. The summed E-state index contributed by atoms with van der Waals surface area (Å²) in [5.74, 6) is 0. The third-order valence-corrected chi connectivity index (χ3v) is 1.80. The van der Waals surface area contributed by atoms with E-state index in [2.05, 4.69) is 31.2 Å². The number of likely N-dealkylation sites (N-methyl/N-ethyl adjacent to an activating group) is 1. The standard InChI is InChI=1S/C8H12BrN3O/c1-6(3-10-2)13-8-11-4-7(9)5-12-8/h4-6,10H,3H2,1-2H3. The van der Waals surface area contributed by atoms with Gasteiger partial charge in [-0.25, -0.2) is 9.97 Å². The molecule has 72 valence electrons. The van der Waals surface area contributed by atoms with Gasteiger partial charge in [0.25, 0.3) is 0 Å². The Hall–Kier alpha value is -0.680. The van der Waals surface area contributed by atoms with Gasteiger partial charge < -0.3 is 10.1 Å². The largest absolute Gasteiger partial charge is 0.459 e. The summed E-state index contributed by atoms with van der Waals surface area (Å²) in [6.45, 7) is 2.74. The van der Waals surface area contributed by atoms with Crippen LogP contribution in [0.5, 0.6) is 6.01 Å². The van der Waals surface area contributed by atoms with Gasteiger partial charge in [0.1, 0.15) is 6.10 Å². The van der Waals surface area contributed by atoms with Crippen molar-refractivity contribution < 1.29 is 4.74 Å². The second-order valence-corrected chi connectivity index (χ2v) is 3.59. The van der Waals surface area contributed by atoms with Crippen molar-refractivity contribution in [3.63, 3.8) is 0 Å². The van der Waals surface area contributed by atoms with Gasteiger partial charge >= 0.3 is 6.01 Å². The van der Waals surface area contributed by atoms with Crippen molar-refractivity contribution in [1.82, 2.24) is 15.3 Å². The van der Waals surface area contributed by atoms with E-state index in [1.54, 1.807) is 12.4 Å². The van der Waals surface area contributed by atoms with E-state index in [-0.39, 0.29) is 6.10 Å². The van der Waals surface area contributed by atoms with Crippen molar-refractivity contribution in [3.05, 3.63) is 16.9 Å². The van der Waals surface area contributed by atoms with Crippen molar-refractivity contribution in [3.8, 4) is 6.01 Å². The molecule has 0 bridgehead atoms. The lowest BCUT2D eigenvalue weighted by Crippen LogP contribution is -2.26. The maximum atomic E-state index is 5.40. The monoisotopic (exact) mass is 245 g/mol. The molecule has 0 amide bonds. The topological polar surface area (TPSA) is 47.0 Å². The second-order valence-electron chi connectivity index (χ2n) is 2.67. The van der Waals surface area contributed by atoms with E-state index in [4.69, 9.17) is 4.74 Å². The molecule has 1 aromatic heterocycles. The first-order valence-corrected chi connectivity index (χ1v) is 4.80. The fraction of sp³-hybridized carbons (Fsp3) is 0.500. The SMILES string of the molecule is CNCC(C)Oc1ncc(Br)cn1. The minimum absolute atomic E-state index is 0.0752. The molecule has 0 fully saturated rings. The Labute approximate surface area is 85.9 Å². The Morgan fingerprint density at radius 3 is 2.69 bits per heavy atom. The van der Waals surface area contributed by atoms with Gasteiger partial charge in [-0.3, -0.25) is 0 Å². The fourth-order valence-electron chi connectivity index (χ4n) is 0.870. The number of nitrogens with one attached hydrogen (secondary N) is 1. The highest BCUT2D eigenvalue weighted by molar-refractivity contribution is 9.10. The third-order valence-electron chi connectivity index (χ3n) is 1.39. The molecule has 1 rings (SSSR count). The predicted octanol–water partition coefficient (Wildman–Crippen LogP) is 1.23. The average Bonchev–Trinajstić information content (AvgIpc) is 2.09. The summed E-state index contributed by atoms with van der Waals surface area (Å²) >= 11 is 3.25. The summed E-state index contributed by atoms with van der Waals surface area (Å²) in [4.78, 5) is 7.99. The van der Waals surface area contributed by atoms with E-state index in [0.717, 1.165) is 11.0 Å². The quantitative estimate of drug-likeness (QED) is 0.867. The van der Waals surface area contributed by atoms with E-state index in [1.165, 1.54) is 0 Å². The zero-order valence-corrected chi connectivity index (χ0v) is 9.21. The Morgan fingerprint density at radius 2 is 2.15 bits per heavy atom. The minimum atomic E-state index is 0.0752. The molecule has 0 spiro atoms. The average molecular weight is 246 g/mol. The Balaban J connectivity index is 2.49. The summed E-state index contributed by atoms with van der Waals surface area (Å²) in [5, 5.41) is 3.01. The van der Waals surface area contributed by atoms with Gasteiger partial charge in [-0.1, -0.05) is 0 Å². The van der Waals surface area contributed by atoms with Crippen LogP contribution in [0.1, 0.15) is 6.92 Å². The Kier molecular flexibility index (Phi) is 4.11. The summed E-state index contributed by atoms with van der Waals surface area (Å²) in [7, 11) is 1.88. The van der Waals surface area contributed by atoms with Crippen molar-refractivity contribution in [1.29, 1.82) is 0 Å². The van der Waals surface area contributed by atoms with Crippen molar-refractivity contribution in [2.75, 3.05) is 13.6 Å². The number of nitrogens with zero attached hydrogens (tertiary/aromatic N) is 2. The molecule has 1 aromatic rings. The second kappa shape index (κ2) is 5.14. The maximum absolute atomic E-state index is 5.40. The van der Waals surface area contributed by atoms with Crippen LogP contribution in [0.2, 0.25) is 0 Å². The molecule has 0 saturated heterocycles. The van der Waals surface area contributed by atoms with Gasteiger partial charge in [-0.2, -0.15) is 0 Å². The highest BCUT2D eigenvalue weighted by Gasteiger charge is 2.03. The molecule has 0 radical (unpaired) electrons. The van der Waals surface area contributed by atoms with Crippen LogP contribution >= 0.6 is 15.9 Å². The van der Waals surface area contributed by atoms with E-state index < -0.39 is 0 Å². The van der Waals surface area contributed by atoms with Crippen molar-refractivity contribution in [2.24, 2.45) is 0 Å². The van der Waals surface area contributed by atoms with Gasteiger partial charge in [-0.15, -0.1) is 0 Å². The first kappa shape index (κ1) is 10.4. The number of hydrogen-bond donors (Lipinski definition) is 1. The first-order chi connectivity index (χ1) is 6.22. The van der Waals surface area contributed by atoms with E-state index in [1.807, 2.05) is 14.0 Å². The fourth-order valence-corrected chi connectivity index (χ4v) is 1.08. The number of rotatable bonds is 4. The van der Waals surface area contributed by atoms with Gasteiger partial charge in [0.15, 0.2) is 0 Å². The smallest absolute Gasteiger partial charge is 0.316 e. The maximum Gasteiger partial charge on any atom is 0.316 e. The van der Waals surface area contributed by atoms with Crippen LogP contribution in [0, 0.1) is 0 Å². The summed E-state index contributed by atoms with van der Waals surface area (Å²) in [6, 6.07) is 0.408. The molecule has 0 aliphatic rings. The van der Waals surface area contributed by atoms with Crippen molar-refractivity contribution in [2.45, 2.75) is 13.0 Å². The Morgan fingerprint density at radius 1 is 1.54 bits per heavy atom. The molecular weight excluding hydrogens is 234 g/mol. The molecule has 0 aromatic carbocycles. The highest BCUT2D eigenvalue weighted by atomic mass is 79.9. The van der Waals surface area contributed by atoms with Crippen LogP contribution in [-0.2, 0) is 0 Å².